The first-order valence-electron chi connectivity index (χ1n) is 6.14. The van der Waals surface area contributed by atoms with E-state index in [0.29, 0.717) is 0 Å². The first-order valence-corrected chi connectivity index (χ1v) is 6.14. The van der Waals surface area contributed by atoms with Crippen LogP contribution in [0.3, 0.4) is 0 Å². The van der Waals surface area contributed by atoms with Crippen LogP contribution in [0, 0.1) is 0 Å². The zero-order valence-corrected chi connectivity index (χ0v) is 10.5. The second kappa shape index (κ2) is 4.79. The van der Waals surface area contributed by atoms with Crippen molar-refractivity contribution >= 4 is 28.7 Å². The van der Waals surface area contributed by atoms with Gasteiger partial charge in [0, 0.05) is 0 Å². The Morgan fingerprint density at radius 1 is 0.950 bits per heavy atom. The van der Waals surface area contributed by atoms with Crippen molar-refractivity contribution in [1.82, 2.24) is 10.6 Å². The topological polar surface area (TPSA) is 78.4 Å². The van der Waals surface area contributed by atoms with Crippen LogP contribution in [-0.4, -0.2) is 23.3 Å². The molecule has 5 heteroatoms. The number of nitrogens with one attached hydrogen (secondary N) is 2. The molecule has 1 saturated heterocycles. The Hall–Kier alpha value is -2.66. The highest BCUT2D eigenvalue weighted by molar-refractivity contribution is 6.23. The van der Waals surface area contributed by atoms with E-state index < -0.39 is 18.2 Å². The SMILES string of the molecule is O=C1NC(O)NC(=O)C1=Cc1ccc2ccccc2c1. The van der Waals surface area contributed by atoms with Crippen LogP contribution in [0.15, 0.2) is 48.0 Å². The Balaban J connectivity index is 2.00. The molecular weight excluding hydrogens is 256 g/mol. The lowest BCUT2D eigenvalue weighted by atomic mass is 10.0. The Kier molecular flexibility index (Phi) is 2.96. The maximum Gasteiger partial charge on any atom is 0.260 e. The number of hydrogen-bond acceptors (Lipinski definition) is 3. The molecule has 20 heavy (non-hydrogen) atoms. The zero-order chi connectivity index (χ0) is 14.1. The van der Waals surface area contributed by atoms with E-state index in [4.69, 9.17) is 0 Å². The minimum Gasteiger partial charge on any atom is -0.356 e. The van der Waals surface area contributed by atoms with Gasteiger partial charge in [-0.3, -0.25) is 9.59 Å². The fourth-order valence-electron chi connectivity index (χ4n) is 2.14. The normalized spacial score (nSPS) is 18.6. The van der Waals surface area contributed by atoms with E-state index in [1.54, 1.807) is 0 Å². The highest BCUT2D eigenvalue weighted by atomic mass is 16.3. The summed E-state index contributed by atoms with van der Waals surface area (Å²) in [4.78, 5) is 23.4. The number of aliphatic hydroxyl groups excluding tert-OH is 1. The Labute approximate surface area is 114 Å². The third-order valence-corrected chi connectivity index (χ3v) is 3.11. The standard InChI is InChI=1S/C15H12N2O3/c18-13-12(14(19)17-15(20)16-13)8-9-5-6-10-3-1-2-4-11(10)7-9/h1-8,15,20H,(H,16,18)(H,17,19). The molecule has 3 rings (SSSR count). The van der Waals surface area contributed by atoms with Crippen molar-refractivity contribution in [3.63, 3.8) is 0 Å². The van der Waals surface area contributed by atoms with Crippen LogP contribution in [0.25, 0.3) is 16.8 Å². The third kappa shape index (κ3) is 2.26. The van der Waals surface area contributed by atoms with E-state index in [2.05, 4.69) is 10.6 Å². The van der Waals surface area contributed by atoms with Crippen molar-refractivity contribution in [2.45, 2.75) is 6.35 Å². The summed E-state index contributed by atoms with van der Waals surface area (Å²) in [5, 5.41) is 15.8. The zero-order valence-electron chi connectivity index (χ0n) is 10.5. The molecule has 1 aliphatic heterocycles. The van der Waals surface area contributed by atoms with Crippen molar-refractivity contribution in [2.75, 3.05) is 0 Å². The van der Waals surface area contributed by atoms with Gasteiger partial charge in [-0.2, -0.15) is 0 Å². The van der Waals surface area contributed by atoms with Gasteiger partial charge in [0.1, 0.15) is 5.57 Å². The van der Waals surface area contributed by atoms with Crippen molar-refractivity contribution < 1.29 is 14.7 Å². The molecular formula is C15H12N2O3. The highest BCUT2D eigenvalue weighted by Crippen LogP contribution is 2.18. The molecule has 0 saturated carbocycles. The minimum absolute atomic E-state index is 0.0226. The van der Waals surface area contributed by atoms with Crippen LogP contribution in [0.1, 0.15) is 5.56 Å². The molecule has 2 aromatic rings. The van der Waals surface area contributed by atoms with Gasteiger partial charge in [0.2, 0.25) is 6.35 Å². The number of carbonyl (C=O) groups is 2. The summed E-state index contributed by atoms with van der Waals surface area (Å²) in [5.74, 6) is -1.18. The second-order valence-electron chi connectivity index (χ2n) is 4.51. The average Bonchev–Trinajstić information content (AvgIpc) is 2.42. The molecule has 0 aliphatic carbocycles. The van der Waals surface area contributed by atoms with E-state index in [0.717, 1.165) is 16.3 Å². The predicted molar refractivity (Wildman–Crippen MR) is 74.2 cm³/mol. The fraction of sp³-hybridized carbons (Fsp3) is 0.0667. The van der Waals surface area contributed by atoms with E-state index in [1.165, 1.54) is 6.08 Å². The van der Waals surface area contributed by atoms with Gasteiger partial charge in [-0.25, -0.2) is 0 Å². The number of carbonyl (C=O) groups excluding carboxylic acids is 2. The molecule has 0 bridgehead atoms. The van der Waals surface area contributed by atoms with Gasteiger partial charge in [0.15, 0.2) is 0 Å². The van der Waals surface area contributed by atoms with Gasteiger partial charge < -0.3 is 15.7 Å². The van der Waals surface area contributed by atoms with Crippen molar-refractivity contribution in [3.05, 3.63) is 53.6 Å². The number of benzene rings is 2. The van der Waals surface area contributed by atoms with Gasteiger partial charge in [0.25, 0.3) is 11.8 Å². The molecule has 1 heterocycles. The molecule has 100 valence electrons. The van der Waals surface area contributed by atoms with Crippen molar-refractivity contribution in [3.8, 4) is 0 Å². The van der Waals surface area contributed by atoms with E-state index in [-0.39, 0.29) is 5.57 Å². The number of amides is 2. The summed E-state index contributed by atoms with van der Waals surface area (Å²) in [6, 6.07) is 13.5. The van der Waals surface area contributed by atoms with Crippen molar-refractivity contribution in [1.29, 1.82) is 0 Å². The number of rotatable bonds is 1. The fourth-order valence-corrected chi connectivity index (χ4v) is 2.14. The maximum absolute atomic E-state index is 11.7. The van der Waals surface area contributed by atoms with E-state index >= 15 is 0 Å². The first kappa shape index (κ1) is 12.4. The van der Waals surface area contributed by atoms with Gasteiger partial charge >= 0.3 is 0 Å². The monoisotopic (exact) mass is 268 g/mol. The summed E-state index contributed by atoms with van der Waals surface area (Å²) >= 11 is 0. The van der Waals surface area contributed by atoms with Gasteiger partial charge in [0.05, 0.1) is 0 Å². The van der Waals surface area contributed by atoms with Gasteiger partial charge in [-0.1, -0.05) is 36.4 Å². The molecule has 0 aromatic heterocycles. The van der Waals surface area contributed by atoms with Gasteiger partial charge in [-0.15, -0.1) is 0 Å². The van der Waals surface area contributed by atoms with Crippen LogP contribution in [0.2, 0.25) is 0 Å². The first-order chi connectivity index (χ1) is 9.63. The highest BCUT2D eigenvalue weighted by Gasteiger charge is 2.27. The summed E-state index contributed by atoms with van der Waals surface area (Å²) in [7, 11) is 0. The van der Waals surface area contributed by atoms with Crippen LogP contribution in [-0.2, 0) is 9.59 Å². The number of fused-ring (bicyclic) bond motifs is 1. The van der Waals surface area contributed by atoms with E-state index in [9.17, 15) is 14.7 Å². The smallest absolute Gasteiger partial charge is 0.260 e. The molecule has 0 unspecified atom stereocenters. The number of aliphatic hydroxyl groups is 1. The molecule has 2 amide bonds. The molecule has 1 fully saturated rings. The molecule has 3 N–H and O–H groups in total. The predicted octanol–water partition coefficient (Wildman–Crippen LogP) is 0.745. The van der Waals surface area contributed by atoms with Crippen LogP contribution < -0.4 is 10.6 Å². The molecule has 0 atom stereocenters. The lowest BCUT2D eigenvalue weighted by Gasteiger charge is -2.21. The Morgan fingerprint density at radius 3 is 2.30 bits per heavy atom. The molecule has 1 aliphatic rings. The Morgan fingerprint density at radius 2 is 1.60 bits per heavy atom. The molecule has 5 nitrogen and oxygen atoms in total. The number of hydrogen-bond donors (Lipinski definition) is 3. The van der Waals surface area contributed by atoms with Crippen LogP contribution >= 0.6 is 0 Å². The summed E-state index contributed by atoms with van der Waals surface area (Å²) in [6.07, 6.45) is 0.173. The second-order valence-corrected chi connectivity index (χ2v) is 4.51. The Bertz CT molecular complexity index is 717. The van der Waals surface area contributed by atoms with Crippen LogP contribution in [0.5, 0.6) is 0 Å². The third-order valence-electron chi connectivity index (χ3n) is 3.11. The van der Waals surface area contributed by atoms with Crippen molar-refractivity contribution in [2.24, 2.45) is 0 Å². The summed E-state index contributed by atoms with van der Waals surface area (Å²) < 4.78 is 0. The van der Waals surface area contributed by atoms with E-state index in [1.807, 2.05) is 42.5 Å². The molecule has 0 spiro atoms. The average molecular weight is 268 g/mol. The van der Waals surface area contributed by atoms with Crippen LogP contribution in [0.4, 0.5) is 0 Å². The minimum atomic E-state index is -1.33. The summed E-state index contributed by atoms with van der Waals surface area (Å²) in [5.41, 5.74) is 0.728. The quantitative estimate of drug-likeness (QED) is 0.527. The summed E-state index contributed by atoms with van der Waals surface area (Å²) in [6.45, 7) is 0. The van der Waals surface area contributed by atoms with Gasteiger partial charge in [-0.05, 0) is 28.5 Å². The maximum atomic E-state index is 11.7. The molecule has 0 radical (unpaired) electrons. The lowest BCUT2D eigenvalue weighted by molar-refractivity contribution is -0.132. The lowest BCUT2D eigenvalue weighted by Crippen LogP contribution is -2.55. The largest absolute Gasteiger partial charge is 0.356 e. The molecule has 2 aromatic carbocycles.